The van der Waals surface area contributed by atoms with Crippen molar-refractivity contribution in [2.24, 2.45) is 5.73 Å². The Morgan fingerprint density at radius 3 is 3.13 bits per heavy atom. The lowest BCUT2D eigenvalue weighted by molar-refractivity contribution is 0.0229. The second-order valence-corrected chi connectivity index (χ2v) is 3.24. The molecule has 0 aliphatic heterocycles. The van der Waals surface area contributed by atoms with E-state index in [2.05, 4.69) is 5.32 Å². The number of furan rings is 1. The van der Waals surface area contributed by atoms with Crippen molar-refractivity contribution >= 4 is 0 Å². The first-order valence-electron chi connectivity index (χ1n) is 5.02. The molecular formula is C10H18N2O3. The van der Waals surface area contributed by atoms with E-state index in [-0.39, 0.29) is 6.61 Å². The highest BCUT2D eigenvalue weighted by atomic mass is 16.5. The van der Waals surface area contributed by atoms with Crippen LogP contribution in [0.1, 0.15) is 5.76 Å². The van der Waals surface area contributed by atoms with Crippen LogP contribution in [0.3, 0.4) is 0 Å². The molecule has 86 valence electrons. The average Bonchev–Trinajstić information content (AvgIpc) is 2.71. The summed E-state index contributed by atoms with van der Waals surface area (Å²) < 4.78 is 10.3. The standard InChI is InChI=1S/C10H18N2O3/c11-3-4-12-6-9(13)7-14-8-10-2-1-5-15-10/h1-2,5,9,12-13H,3-4,6-8,11H2. The van der Waals surface area contributed by atoms with E-state index in [0.717, 1.165) is 5.76 Å². The van der Waals surface area contributed by atoms with E-state index in [9.17, 15) is 5.11 Å². The van der Waals surface area contributed by atoms with Gasteiger partial charge in [-0.15, -0.1) is 0 Å². The Morgan fingerprint density at radius 1 is 1.60 bits per heavy atom. The van der Waals surface area contributed by atoms with Crippen LogP contribution in [0.4, 0.5) is 0 Å². The zero-order valence-corrected chi connectivity index (χ0v) is 8.69. The molecule has 1 rings (SSSR count). The van der Waals surface area contributed by atoms with Gasteiger partial charge in [0.2, 0.25) is 0 Å². The maximum Gasteiger partial charge on any atom is 0.129 e. The summed E-state index contributed by atoms with van der Waals surface area (Å²) in [5.41, 5.74) is 5.29. The van der Waals surface area contributed by atoms with Crippen LogP contribution < -0.4 is 11.1 Å². The van der Waals surface area contributed by atoms with Gasteiger partial charge in [-0.2, -0.15) is 0 Å². The predicted molar refractivity (Wildman–Crippen MR) is 56.3 cm³/mol. The van der Waals surface area contributed by atoms with Gasteiger partial charge in [0.1, 0.15) is 12.4 Å². The maximum atomic E-state index is 9.45. The summed E-state index contributed by atoms with van der Waals surface area (Å²) in [4.78, 5) is 0. The first kappa shape index (κ1) is 12.2. The second-order valence-electron chi connectivity index (χ2n) is 3.24. The summed E-state index contributed by atoms with van der Waals surface area (Å²) >= 11 is 0. The summed E-state index contributed by atoms with van der Waals surface area (Å²) in [7, 11) is 0. The molecule has 0 bridgehead atoms. The Kier molecular flexibility index (Phi) is 6.03. The monoisotopic (exact) mass is 214 g/mol. The number of aliphatic hydroxyl groups excluding tert-OH is 1. The fraction of sp³-hybridized carbons (Fsp3) is 0.600. The van der Waals surface area contributed by atoms with Gasteiger partial charge in [-0.25, -0.2) is 0 Å². The van der Waals surface area contributed by atoms with Crippen LogP contribution in [-0.4, -0.2) is 37.5 Å². The van der Waals surface area contributed by atoms with Crippen molar-refractivity contribution in [2.75, 3.05) is 26.2 Å². The highest BCUT2D eigenvalue weighted by molar-refractivity contribution is 4.96. The number of ether oxygens (including phenoxy) is 1. The third kappa shape index (κ3) is 5.54. The van der Waals surface area contributed by atoms with Crippen LogP contribution >= 0.6 is 0 Å². The summed E-state index contributed by atoms with van der Waals surface area (Å²) in [5, 5.41) is 12.4. The van der Waals surface area contributed by atoms with Gasteiger partial charge in [-0.1, -0.05) is 0 Å². The molecule has 0 fully saturated rings. The highest BCUT2D eigenvalue weighted by Gasteiger charge is 2.04. The predicted octanol–water partition coefficient (Wildman–Crippen LogP) is -0.295. The molecule has 0 aliphatic carbocycles. The van der Waals surface area contributed by atoms with Gasteiger partial charge in [0, 0.05) is 19.6 Å². The smallest absolute Gasteiger partial charge is 0.129 e. The van der Waals surface area contributed by atoms with E-state index in [1.165, 1.54) is 0 Å². The topological polar surface area (TPSA) is 80.7 Å². The Balaban J connectivity index is 1.99. The van der Waals surface area contributed by atoms with Gasteiger partial charge < -0.3 is 25.3 Å². The molecule has 0 saturated carbocycles. The van der Waals surface area contributed by atoms with Crippen molar-refractivity contribution in [3.8, 4) is 0 Å². The number of rotatable bonds is 8. The van der Waals surface area contributed by atoms with Crippen molar-refractivity contribution in [3.05, 3.63) is 24.2 Å². The zero-order valence-electron chi connectivity index (χ0n) is 8.69. The fourth-order valence-corrected chi connectivity index (χ4v) is 1.12. The molecule has 5 nitrogen and oxygen atoms in total. The van der Waals surface area contributed by atoms with E-state index in [0.29, 0.717) is 26.2 Å². The second kappa shape index (κ2) is 7.42. The number of hydrogen-bond acceptors (Lipinski definition) is 5. The molecule has 1 heterocycles. The van der Waals surface area contributed by atoms with E-state index in [4.69, 9.17) is 14.9 Å². The fourth-order valence-electron chi connectivity index (χ4n) is 1.12. The molecule has 15 heavy (non-hydrogen) atoms. The van der Waals surface area contributed by atoms with Crippen molar-refractivity contribution in [3.63, 3.8) is 0 Å². The normalized spacial score (nSPS) is 12.9. The largest absolute Gasteiger partial charge is 0.467 e. The summed E-state index contributed by atoms with van der Waals surface area (Å²) in [5.74, 6) is 0.761. The molecule has 1 aromatic rings. The summed E-state index contributed by atoms with van der Waals surface area (Å²) in [6, 6.07) is 3.64. The minimum atomic E-state index is -0.508. The lowest BCUT2D eigenvalue weighted by Crippen LogP contribution is -2.33. The van der Waals surface area contributed by atoms with Crippen molar-refractivity contribution < 1.29 is 14.3 Å². The van der Waals surface area contributed by atoms with E-state index < -0.39 is 6.10 Å². The van der Waals surface area contributed by atoms with Crippen molar-refractivity contribution in [2.45, 2.75) is 12.7 Å². The quantitative estimate of drug-likeness (QED) is 0.518. The lowest BCUT2D eigenvalue weighted by atomic mass is 10.3. The molecule has 0 radical (unpaired) electrons. The molecular weight excluding hydrogens is 196 g/mol. The Labute approximate surface area is 89.2 Å². The first-order chi connectivity index (χ1) is 7.33. The van der Waals surface area contributed by atoms with Gasteiger partial charge in [-0.05, 0) is 12.1 Å². The Morgan fingerprint density at radius 2 is 2.47 bits per heavy atom. The van der Waals surface area contributed by atoms with Crippen LogP contribution in [0.5, 0.6) is 0 Å². The van der Waals surface area contributed by atoms with Gasteiger partial charge in [0.25, 0.3) is 0 Å². The van der Waals surface area contributed by atoms with Gasteiger partial charge in [0.05, 0.1) is 19.0 Å². The third-order valence-corrected chi connectivity index (χ3v) is 1.84. The molecule has 1 unspecified atom stereocenters. The number of hydrogen-bond donors (Lipinski definition) is 3. The number of nitrogens with two attached hydrogens (primary N) is 1. The van der Waals surface area contributed by atoms with Crippen LogP contribution in [-0.2, 0) is 11.3 Å². The van der Waals surface area contributed by atoms with Crippen LogP contribution in [0.15, 0.2) is 22.8 Å². The SMILES string of the molecule is NCCNCC(O)COCc1ccco1. The van der Waals surface area contributed by atoms with Crippen LogP contribution in [0.2, 0.25) is 0 Å². The van der Waals surface area contributed by atoms with Crippen molar-refractivity contribution in [1.29, 1.82) is 0 Å². The maximum absolute atomic E-state index is 9.45. The van der Waals surface area contributed by atoms with Gasteiger partial charge in [-0.3, -0.25) is 0 Å². The summed E-state index contributed by atoms with van der Waals surface area (Å²) in [6.45, 7) is 2.45. The number of aliphatic hydroxyl groups is 1. The van der Waals surface area contributed by atoms with Crippen molar-refractivity contribution in [1.82, 2.24) is 5.32 Å². The highest BCUT2D eigenvalue weighted by Crippen LogP contribution is 2.01. The molecule has 5 heteroatoms. The molecule has 0 aliphatic rings. The minimum absolute atomic E-state index is 0.290. The van der Waals surface area contributed by atoms with Gasteiger partial charge in [0.15, 0.2) is 0 Å². The Bertz CT molecular complexity index is 239. The molecule has 1 atom stereocenters. The van der Waals surface area contributed by atoms with Crippen LogP contribution in [0.25, 0.3) is 0 Å². The third-order valence-electron chi connectivity index (χ3n) is 1.84. The van der Waals surface area contributed by atoms with E-state index in [1.54, 1.807) is 12.3 Å². The molecule has 0 aromatic carbocycles. The molecule has 0 spiro atoms. The van der Waals surface area contributed by atoms with Gasteiger partial charge >= 0.3 is 0 Å². The number of nitrogens with one attached hydrogen (secondary N) is 1. The minimum Gasteiger partial charge on any atom is -0.467 e. The zero-order chi connectivity index (χ0) is 10.9. The Hall–Kier alpha value is -0.880. The van der Waals surface area contributed by atoms with E-state index in [1.807, 2.05) is 6.07 Å². The first-order valence-corrected chi connectivity index (χ1v) is 5.02. The molecule has 1 aromatic heterocycles. The molecule has 0 saturated heterocycles. The van der Waals surface area contributed by atoms with Crippen LogP contribution in [0, 0.1) is 0 Å². The average molecular weight is 214 g/mol. The summed E-state index contributed by atoms with van der Waals surface area (Å²) in [6.07, 6.45) is 1.09. The van der Waals surface area contributed by atoms with E-state index >= 15 is 0 Å². The molecule has 4 N–H and O–H groups in total. The lowest BCUT2D eigenvalue weighted by Gasteiger charge is -2.11. The molecule has 0 amide bonds.